The summed E-state index contributed by atoms with van der Waals surface area (Å²) < 4.78 is 16.7. The molecule has 24 heavy (non-hydrogen) atoms. The second kappa shape index (κ2) is 5.30. The Kier molecular flexibility index (Phi) is 3.23. The number of hydrogen-bond donors (Lipinski definition) is 1. The lowest BCUT2D eigenvalue weighted by molar-refractivity contribution is 0.0866. The largest absolute Gasteiger partial charge is 0.493 e. The Balaban J connectivity index is 2.03. The van der Waals surface area contributed by atoms with E-state index in [1.165, 1.54) is 0 Å². The summed E-state index contributed by atoms with van der Waals surface area (Å²) in [6.07, 6.45) is 3.62. The second-order valence-corrected chi connectivity index (χ2v) is 5.79. The minimum absolute atomic E-state index is 0.368. The number of rotatable bonds is 2. The van der Waals surface area contributed by atoms with Crippen LogP contribution in [0.25, 0.3) is 12.2 Å². The Bertz CT molecular complexity index is 858. The molecule has 2 aromatic rings. The fourth-order valence-electron chi connectivity index (χ4n) is 3.44. The Hall–Kier alpha value is -2.95. The van der Waals surface area contributed by atoms with Crippen molar-refractivity contribution in [3.05, 3.63) is 58.7 Å². The van der Waals surface area contributed by atoms with E-state index in [-0.39, 0.29) is 0 Å². The van der Waals surface area contributed by atoms with E-state index in [9.17, 15) is 4.79 Å². The molecule has 1 spiro atoms. The molecular formula is C19H17NO4. The number of benzene rings is 2. The van der Waals surface area contributed by atoms with E-state index in [2.05, 4.69) is 5.32 Å². The molecule has 0 bridgehead atoms. The molecule has 122 valence electrons. The van der Waals surface area contributed by atoms with Gasteiger partial charge in [-0.25, -0.2) is 4.79 Å². The number of carbonyl (C=O) groups excluding carboxylic acids is 1. The fraction of sp³-hybridized carbons (Fsp3) is 0.211. The van der Waals surface area contributed by atoms with Crippen LogP contribution in [0.2, 0.25) is 0 Å². The average Bonchev–Trinajstić information content (AvgIpc) is 2.96. The van der Waals surface area contributed by atoms with Crippen LogP contribution in [0, 0.1) is 0 Å². The first-order valence-electron chi connectivity index (χ1n) is 7.69. The van der Waals surface area contributed by atoms with Gasteiger partial charge in [0, 0.05) is 11.1 Å². The van der Waals surface area contributed by atoms with Crippen LogP contribution in [0.3, 0.4) is 0 Å². The smallest absolute Gasteiger partial charge is 0.408 e. The molecule has 5 heteroatoms. The van der Waals surface area contributed by atoms with Crippen LogP contribution >= 0.6 is 0 Å². The first-order chi connectivity index (χ1) is 11.7. The number of alkyl carbamates (subject to hydrolysis) is 1. The van der Waals surface area contributed by atoms with Gasteiger partial charge >= 0.3 is 6.09 Å². The van der Waals surface area contributed by atoms with Gasteiger partial charge in [0.1, 0.15) is 0 Å². The summed E-state index contributed by atoms with van der Waals surface area (Å²) >= 11 is 0. The number of hydrogen-bond acceptors (Lipinski definition) is 4. The topological polar surface area (TPSA) is 56.8 Å². The van der Waals surface area contributed by atoms with Gasteiger partial charge in [0.25, 0.3) is 0 Å². The Labute approximate surface area is 139 Å². The molecule has 0 saturated carbocycles. The third-order valence-electron chi connectivity index (χ3n) is 4.58. The molecule has 1 heterocycles. The second-order valence-electron chi connectivity index (χ2n) is 5.79. The monoisotopic (exact) mass is 323 g/mol. The minimum Gasteiger partial charge on any atom is -0.493 e. The number of fused-ring (bicyclic) bond motifs is 4. The first kappa shape index (κ1) is 14.6. The highest BCUT2D eigenvalue weighted by Gasteiger charge is 2.47. The quantitative estimate of drug-likeness (QED) is 0.922. The molecule has 1 fully saturated rings. The summed E-state index contributed by atoms with van der Waals surface area (Å²) in [5.74, 6) is 1.24. The Morgan fingerprint density at radius 3 is 2.42 bits per heavy atom. The zero-order chi connectivity index (χ0) is 16.7. The number of ether oxygens (including phenoxy) is 3. The van der Waals surface area contributed by atoms with Crippen LogP contribution < -0.4 is 14.8 Å². The third kappa shape index (κ3) is 1.98. The molecule has 1 unspecified atom stereocenters. The van der Waals surface area contributed by atoms with Gasteiger partial charge in [0.2, 0.25) is 0 Å². The summed E-state index contributed by atoms with van der Waals surface area (Å²) in [7, 11) is 3.20. The normalized spacial score (nSPS) is 20.7. The van der Waals surface area contributed by atoms with Crippen molar-refractivity contribution in [1.29, 1.82) is 0 Å². The predicted molar refractivity (Wildman–Crippen MR) is 90.2 cm³/mol. The van der Waals surface area contributed by atoms with Gasteiger partial charge in [0.05, 0.1) is 20.8 Å². The lowest BCUT2D eigenvalue weighted by atomic mass is 9.83. The molecule has 0 aromatic heterocycles. The highest BCUT2D eigenvalue weighted by atomic mass is 16.6. The molecule has 1 N–H and O–H groups in total. The van der Waals surface area contributed by atoms with E-state index in [1.54, 1.807) is 14.2 Å². The Morgan fingerprint density at radius 1 is 1.00 bits per heavy atom. The van der Waals surface area contributed by atoms with Gasteiger partial charge in [-0.15, -0.1) is 0 Å². The van der Waals surface area contributed by atoms with Gasteiger partial charge in [0.15, 0.2) is 17.1 Å². The average molecular weight is 323 g/mol. The van der Waals surface area contributed by atoms with Crippen molar-refractivity contribution in [3.8, 4) is 11.5 Å². The summed E-state index contributed by atoms with van der Waals surface area (Å²) in [5, 5.41) is 2.79. The molecule has 1 saturated heterocycles. The fourth-order valence-corrected chi connectivity index (χ4v) is 3.44. The summed E-state index contributed by atoms with van der Waals surface area (Å²) in [4.78, 5) is 11.9. The highest BCUT2D eigenvalue weighted by molar-refractivity contribution is 5.81. The van der Waals surface area contributed by atoms with Crippen molar-refractivity contribution in [1.82, 2.24) is 5.32 Å². The van der Waals surface area contributed by atoms with Gasteiger partial charge in [-0.2, -0.15) is 0 Å². The molecule has 1 amide bonds. The van der Waals surface area contributed by atoms with Crippen LogP contribution in [0.15, 0.2) is 36.4 Å². The predicted octanol–water partition coefficient (Wildman–Crippen LogP) is 3.17. The SMILES string of the molecule is COc1cc2c(cc1OC)C1(CNC(=O)O1)c1ccccc1C=C2. The summed E-state index contributed by atoms with van der Waals surface area (Å²) in [5.41, 5.74) is 2.89. The van der Waals surface area contributed by atoms with Crippen molar-refractivity contribution < 1.29 is 19.0 Å². The van der Waals surface area contributed by atoms with Crippen LogP contribution in [0.1, 0.15) is 22.3 Å². The zero-order valence-electron chi connectivity index (χ0n) is 13.5. The molecule has 2 aromatic carbocycles. The molecule has 1 aliphatic carbocycles. The van der Waals surface area contributed by atoms with E-state index in [0.717, 1.165) is 22.3 Å². The minimum atomic E-state index is -0.883. The number of methoxy groups -OCH3 is 2. The van der Waals surface area contributed by atoms with E-state index >= 15 is 0 Å². The van der Waals surface area contributed by atoms with Crippen molar-refractivity contribution in [2.75, 3.05) is 20.8 Å². The zero-order valence-corrected chi connectivity index (χ0v) is 13.5. The maximum absolute atomic E-state index is 11.9. The van der Waals surface area contributed by atoms with Gasteiger partial charge < -0.3 is 19.5 Å². The van der Waals surface area contributed by atoms with E-state index in [0.29, 0.717) is 18.0 Å². The van der Waals surface area contributed by atoms with Crippen LogP contribution in [-0.2, 0) is 10.3 Å². The lowest BCUT2D eigenvalue weighted by Crippen LogP contribution is -2.33. The van der Waals surface area contributed by atoms with Gasteiger partial charge in [-0.1, -0.05) is 36.4 Å². The van der Waals surface area contributed by atoms with Crippen LogP contribution in [0.5, 0.6) is 11.5 Å². The molecule has 0 radical (unpaired) electrons. The lowest BCUT2D eigenvalue weighted by Gasteiger charge is -2.30. The molecule has 1 atom stereocenters. The van der Waals surface area contributed by atoms with Crippen LogP contribution in [0.4, 0.5) is 4.79 Å². The van der Waals surface area contributed by atoms with Crippen molar-refractivity contribution in [3.63, 3.8) is 0 Å². The molecule has 4 rings (SSSR count). The molecule has 1 aliphatic heterocycles. The third-order valence-corrected chi connectivity index (χ3v) is 4.58. The van der Waals surface area contributed by atoms with Crippen LogP contribution in [-0.4, -0.2) is 26.9 Å². The number of nitrogens with one attached hydrogen (secondary N) is 1. The number of carbonyl (C=O) groups is 1. The van der Waals surface area contributed by atoms with Crippen molar-refractivity contribution in [2.45, 2.75) is 5.60 Å². The summed E-state index contributed by atoms with van der Waals surface area (Å²) in [6.45, 7) is 0.368. The van der Waals surface area contributed by atoms with Gasteiger partial charge in [-0.3, -0.25) is 0 Å². The first-order valence-corrected chi connectivity index (χ1v) is 7.69. The maximum atomic E-state index is 11.9. The molecule has 2 aliphatic rings. The van der Waals surface area contributed by atoms with Crippen molar-refractivity contribution in [2.24, 2.45) is 0 Å². The highest BCUT2D eigenvalue weighted by Crippen LogP contribution is 2.45. The van der Waals surface area contributed by atoms with Crippen molar-refractivity contribution >= 4 is 18.2 Å². The number of amides is 1. The molecular weight excluding hydrogens is 306 g/mol. The Morgan fingerprint density at radius 2 is 1.71 bits per heavy atom. The van der Waals surface area contributed by atoms with E-state index in [4.69, 9.17) is 14.2 Å². The molecule has 5 nitrogen and oxygen atoms in total. The van der Waals surface area contributed by atoms with Gasteiger partial charge in [-0.05, 0) is 23.3 Å². The van der Waals surface area contributed by atoms with E-state index < -0.39 is 11.7 Å². The maximum Gasteiger partial charge on any atom is 0.408 e. The standard InChI is InChI=1S/C19H17NO4/c1-22-16-9-13-8-7-12-5-3-4-6-14(12)19(11-20-18(21)24-19)15(13)10-17(16)23-2/h3-10H,11H2,1-2H3,(H,20,21). The summed E-state index contributed by atoms with van der Waals surface area (Å²) in [6, 6.07) is 11.7. The van der Waals surface area contributed by atoms with E-state index in [1.807, 2.05) is 48.6 Å².